The number of carboxylic acids is 1. The van der Waals surface area contributed by atoms with E-state index in [1.807, 2.05) is 36.2 Å². The highest BCUT2D eigenvalue weighted by Gasteiger charge is 2.23. The number of para-hydroxylation sites is 2. The maximum Gasteiger partial charge on any atom is 0.342 e. The maximum absolute atomic E-state index is 11.8. The number of nitrogens with zero attached hydrogens (tertiary/aromatic N) is 4. The highest BCUT2D eigenvalue weighted by molar-refractivity contribution is 8.04. The lowest BCUT2D eigenvalue weighted by molar-refractivity contribution is -0.384. The number of carbonyl (C=O) groups is 1. The van der Waals surface area contributed by atoms with Gasteiger partial charge < -0.3 is 19.9 Å². The van der Waals surface area contributed by atoms with Crippen molar-refractivity contribution in [1.82, 2.24) is 14.9 Å². The Labute approximate surface area is 182 Å². The summed E-state index contributed by atoms with van der Waals surface area (Å²) in [5.41, 5.74) is 2.52. The van der Waals surface area contributed by atoms with Crippen LogP contribution in [0.3, 0.4) is 0 Å². The van der Waals surface area contributed by atoms with E-state index in [2.05, 4.69) is 14.9 Å². The molecule has 1 fully saturated rings. The largest absolute Gasteiger partial charge is 0.477 e. The quantitative estimate of drug-likeness (QED) is 0.260. The number of piperazine rings is 1. The first kappa shape index (κ1) is 20.9. The summed E-state index contributed by atoms with van der Waals surface area (Å²) in [5, 5.41) is 21.8. The van der Waals surface area contributed by atoms with Gasteiger partial charge in [0.05, 0.1) is 16.0 Å². The summed E-state index contributed by atoms with van der Waals surface area (Å²) in [4.78, 5) is 34.7. The van der Waals surface area contributed by atoms with E-state index in [0.717, 1.165) is 35.9 Å². The number of hydrogen-bond donors (Lipinski definition) is 2. The molecule has 9 nitrogen and oxygen atoms in total. The van der Waals surface area contributed by atoms with Gasteiger partial charge in [-0.3, -0.25) is 10.1 Å². The topological polar surface area (TPSA) is 116 Å². The molecule has 1 aliphatic heterocycles. The van der Waals surface area contributed by atoms with Gasteiger partial charge in [-0.1, -0.05) is 18.2 Å². The second-order valence-electron chi connectivity index (χ2n) is 7.27. The molecule has 31 heavy (non-hydrogen) atoms. The number of benzene rings is 2. The molecule has 0 spiro atoms. The van der Waals surface area contributed by atoms with Gasteiger partial charge in [-0.2, -0.15) is 0 Å². The fourth-order valence-electron chi connectivity index (χ4n) is 3.46. The molecule has 0 unspecified atom stereocenters. The molecule has 10 heteroatoms. The molecule has 1 aliphatic rings. The number of thioether (sulfide) groups is 1. The van der Waals surface area contributed by atoms with Gasteiger partial charge in [0.25, 0.3) is 5.69 Å². The third kappa shape index (κ3) is 4.70. The molecule has 0 radical (unpaired) electrons. The number of aromatic nitrogens is 2. The molecule has 0 saturated carbocycles. The molecule has 0 aliphatic carbocycles. The standard InChI is InChI=1S/C21H21N5O4S/c1-24-8-10-25(11-9-24)17-7-6-14(12-18(17)26(29)30)13-19(20(27)28)31-21-22-15-4-2-3-5-16(15)23-21/h2-7,12-13H,8-11H2,1H3,(H,22,23)(H,27,28)/b19-13+. The number of carboxylic acid groups (broad SMARTS) is 1. The zero-order valence-corrected chi connectivity index (χ0v) is 17.6. The van der Waals surface area contributed by atoms with Gasteiger partial charge in [0, 0.05) is 32.2 Å². The summed E-state index contributed by atoms with van der Waals surface area (Å²) in [6.07, 6.45) is 1.43. The molecule has 2 N–H and O–H groups in total. The molecule has 160 valence electrons. The number of aliphatic carboxylic acids is 1. The van der Waals surface area contributed by atoms with Crippen LogP contribution in [-0.4, -0.2) is 64.1 Å². The number of H-pyrrole nitrogens is 1. The Bertz CT molecular complexity index is 1130. The van der Waals surface area contributed by atoms with Crippen LogP contribution in [0.15, 0.2) is 52.5 Å². The molecule has 2 aromatic carbocycles. The third-order valence-corrected chi connectivity index (χ3v) is 6.02. The second kappa shape index (κ2) is 8.78. The zero-order chi connectivity index (χ0) is 22.0. The average Bonchev–Trinajstić information content (AvgIpc) is 3.16. The Balaban J connectivity index is 1.63. The molecular formula is C21H21N5O4S. The molecule has 0 amide bonds. The van der Waals surface area contributed by atoms with Crippen LogP contribution in [-0.2, 0) is 4.79 Å². The predicted molar refractivity (Wildman–Crippen MR) is 120 cm³/mol. The van der Waals surface area contributed by atoms with Crippen molar-refractivity contribution in [2.75, 3.05) is 38.1 Å². The Kier molecular flexibility index (Phi) is 5.92. The van der Waals surface area contributed by atoms with E-state index >= 15 is 0 Å². The van der Waals surface area contributed by atoms with E-state index in [1.54, 1.807) is 12.1 Å². The van der Waals surface area contributed by atoms with Gasteiger partial charge in [-0.05, 0) is 48.6 Å². The van der Waals surface area contributed by atoms with Gasteiger partial charge in [-0.15, -0.1) is 0 Å². The van der Waals surface area contributed by atoms with Crippen molar-refractivity contribution >= 4 is 46.2 Å². The fraction of sp³-hybridized carbons (Fsp3) is 0.238. The molecule has 1 aromatic heterocycles. The molecule has 1 saturated heterocycles. The highest BCUT2D eigenvalue weighted by Crippen LogP contribution is 2.33. The second-order valence-corrected chi connectivity index (χ2v) is 8.30. The van der Waals surface area contributed by atoms with Gasteiger partial charge in [0.2, 0.25) is 0 Å². The van der Waals surface area contributed by atoms with Gasteiger partial charge in [0.15, 0.2) is 5.16 Å². The minimum absolute atomic E-state index is 0.0145. The number of nitro benzene ring substituents is 1. The van der Waals surface area contributed by atoms with Crippen LogP contribution in [0.1, 0.15) is 5.56 Å². The lowest BCUT2D eigenvalue weighted by Gasteiger charge is -2.33. The number of fused-ring (bicyclic) bond motifs is 1. The number of imidazole rings is 1. The Morgan fingerprint density at radius 3 is 2.65 bits per heavy atom. The third-order valence-electron chi connectivity index (χ3n) is 5.12. The summed E-state index contributed by atoms with van der Waals surface area (Å²) in [5.74, 6) is -1.13. The molecule has 2 heterocycles. The van der Waals surface area contributed by atoms with E-state index in [0.29, 0.717) is 29.5 Å². The first-order valence-electron chi connectivity index (χ1n) is 9.70. The van der Waals surface area contributed by atoms with Crippen molar-refractivity contribution < 1.29 is 14.8 Å². The number of hydrogen-bond acceptors (Lipinski definition) is 7. The number of rotatable bonds is 6. The van der Waals surface area contributed by atoms with E-state index in [-0.39, 0.29) is 10.6 Å². The number of likely N-dealkylation sites (N-methyl/N-ethyl adjacent to an activating group) is 1. The van der Waals surface area contributed by atoms with Crippen molar-refractivity contribution in [1.29, 1.82) is 0 Å². The van der Waals surface area contributed by atoms with Gasteiger partial charge in [-0.25, -0.2) is 9.78 Å². The number of nitro groups is 1. The van der Waals surface area contributed by atoms with Crippen molar-refractivity contribution in [3.63, 3.8) is 0 Å². The van der Waals surface area contributed by atoms with Crippen molar-refractivity contribution in [3.8, 4) is 0 Å². The van der Waals surface area contributed by atoms with Crippen LogP contribution in [0, 0.1) is 10.1 Å². The Morgan fingerprint density at radius 1 is 1.23 bits per heavy atom. The van der Waals surface area contributed by atoms with Gasteiger partial charge in [0.1, 0.15) is 10.6 Å². The average molecular weight is 439 g/mol. The van der Waals surface area contributed by atoms with E-state index < -0.39 is 10.9 Å². The van der Waals surface area contributed by atoms with E-state index in [9.17, 15) is 20.0 Å². The first-order chi connectivity index (χ1) is 14.9. The fourth-order valence-corrected chi connectivity index (χ4v) is 4.25. The summed E-state index contributed by atoms with van der Waals surface area (Å²) in [7, 11) is 2.02. The van der Waals surface area contributed by atoms with Crippen molar-refractivity contribution in [2.45, 2.75) is 5.16 Å². The summed E-state index contributed by atoms with van der Waals surface area (Å²) in [6.45, 7) is 3.07. The lowest BCUT2D eigenvalue weighted by Crippen LogP contribution is -2.44. The monoisotopic (exact) mass is 439 g/mol. The van der Waals surface area contributed by atoms with Crippen molar-refractivity contribution in [2.24, 2.45) is 0 Å². The number of anilines is 1. The molecule has 4 rings (SSSR count). The van der Waals surface area contributed by atoms with Gasteiger partial charge >= 0.3 is 5.97 Å². The summed E-state index contributed by atoms with van der Waals surface area (Å²) in [6, 6.07) is 12.2. The molecule has 0 atom stereocenters. The van der Waals surface area contributed by atoms with Crippen LogP contribution in [0.2, 0.25) is 0 Å². The Morgan fingerprint density at radius 2 is 1.97 bits per heavy atom. The normalized spacial score (nSPS) is 15.4. The van der Waals surface area contributed by atoms with E-state index in [1.165, 1.54) is 12.1 Å². The maximum atomic E-state index is 11.8. The smallest absolute Gasteiger partial charge is 0.342 e. The lowest BCUT2D eigenvalue weighted by atomic mass is 10.1. The molecular weight excluding hydrogens is 418 g/mol. The van der Waals surface area contributed by atoms with Crippen LogP contribution in [0.5, 0.6) is 0 Å². The summed E-state index contributed by atoms with van der Waals surface area (Å²) < 4.78 is 0. The van der Waals surface area contributed by atoms with Crippen LogP contribution in [0.25, 0.3) is 17.1 Å². The van der Waals surface area contributed by atoms with E-state index in [4.69, 9.17) is 0 Å². The summed E-state index contributed by atoms with van der Waals surface area (Å²) >= 11 is 0.973. The van der Waals surface area contributed by atoms with Crippen LogP contribution in [0.4, 0.5) is 11.4 Å². The Hall–Kier alpha value is -3.37. The SMILES string of the molecule is CN1CCN(c2ccc(/C=C(/Sc3nc4ccccc4[nH]3)C(=O)O)cc2[N+](=O)[O-])CC1. The predicted octanol–water partition coefficient (Wildman–Crippen LogP) is 3.44. The minimum Gasteiger partial charge on any atom is -0.477 e. The van der Waals surface area contributed by atoms with Crippen LogP contribution < -0.4 is 4.90 Å². The molecule has 0 bridgehead atoms. The highest BCUT2D eigenvalue weighted by atomic mass is 32.2. The minimum atomic E-state index is -1.13. The van der Waals surface area contributed by atoms with Crippen molar-refractivity contribution in [3.05, 3.63) is 63.0 Å². The van der Waals surface area contributed by atoms with Crippen LogP contribution >= 0.6 is 11.8 Å². The number of aromatic amines is 1. The number of nitrogens with one attached hydrogen (secondary N) is 1. The zero-order valence-electron chi connectivity index (χ0n) is 16.8. The molecule has 3 aromatic rings. The first-order valence-corrected chi connectivity index (χ1v) is 10.5.